The van der Waals surface area contributed by atoms with Crippen molar-refractivity contribution in [3.63, 3.8) is 0 Å². The van der Waals surface area contributed by atoms with Crippen LogP contribution in [0, 0.1) is 5.41 Å². The molecule has 9 heteroatoms. The number of carboxylic acid groups (broad SMARTS) is 1. The van der Waals surface area contributed by atoms with E-state index in [1.807, 2.05) is 48.5 Å². The zero-order chi connectivity index (χ0) is 24.6. The quantitative estimate of drug-likeness (QED) is 0.638. The summed E-state index contributed by atoms with van der Waals surface area (Å²) in [4.78, 5) is 37.4. The van der Waals surface area contributed by atoms with E-state index in [0.717, 1.165) is 27.2 Å². The normalized spacial score (nSPS) is 19.1. The number of ether oxygens (including phenoxy) is 1. The number of halogens is 2. The first-order valence-corrected chi connectivity index (χ1v) is 11.0. The maximum absolute atomic E-state index is 13.6. The number of aliphatic carboxylic acids is 1. The number of carboxylic acids is 1. The molecule has 180 valence electrons. The smallest absolute Gasteiger partial charge is 0.407 e. The summed E-state index contributed by atoms with van der Waals surface area (Å²) in [5, 5.41) is 11.4. The molecule has 1 fully saturated rings. The molecule has 2 aliphatic rings. The second-order valence-corrected chi connectivity index (χ2v) is 9.37. The number of carbonyl (C=O) groups is 3. The molecule has 2 N–H and O–H groups in total. The van der Waals surface area contributed by atoms with Crippen molar-refractivity contribution in [3.05, 3.63) is 59.7 Å². The molecule has 2 unspecified atom stereocenters. The molecule has 2 aromatic rings. The molecule has 1 aliphatic carbocycles. The summed E-state index contributed by atoms with van der Waals surface area (Å²) < 4.78 is 32.5. The highest BCUT2D eigenvalue weighted by atomic mass is 19.3. The van der Waals surface area contributed by atoms with E-state index in [2.05, 4.69) is 5.32 Å². The Morgan fingerprint density at radius 1 is 1.09 bits per heavy atom. The average Bonchev–Trinajstić information content (AvgIpc) is 3.09. The van der Waals surface area contributed by atoms with E-state index in [1.165, 1.54) is 0 Å². The van der Waals surface area contributed by atoms with Gasteiger partial charge in [0, 0.05) is 17.9 Å². The molecule has 7 nitrogen and oxygen atoms in total. The summed E-state index contributed by atoms with van der Waals surface area (Å²) in [7, 11) is 0. The SMILES string of the molecule is CC1(C)CN(C(=O)CC(NC(=O)OCC2c3ccccc3-c3ccccc32)C(F)F)C1C(=O)O. The number of amides is 2. The summed E-state index contributed by atoms with van der Waals surface area (Å²) in [5.74, 6) is -2.18. The lowest BCUT2D eigenvalue weighted by molar-refractivity contribution is -0.172. The molecule has 1 saturated heterocycles. The maximum atomic E-state index is 13.6. The molecule has 0 spiro atoms. The van der Waals surface area contributed by atoms with Crippen molar-refractivity contribution in [2.45, 2.75) is 44.7 Å². The Kier molecular flexibility index (Phi) is 6.29. The van der Waals surface area contributed by atoms with E-state index >= 15 is 0 Å². The van der Waals surface area contributed by atoms with Crippen LogP contribution in [0.4, 0.5) is 13.6 Å². The zero-order valence-electron chi connectivity index (χ0n) is 18.8. The highest BCUT2D eigenvalue weighted by Gasteiger charge is 2.52. The summed E-state index contributed by atoms with van der Waals surface area (Å²) in [6, 6.07) is 12.6. The van der Waals surface area contributed by atoms with Crippen LogP contribution in [0.25, 0.3) is 11.1 Å². The van der Waals surface area contributed by atoms with Gasteiger partial charge in [-0.05, 0) is 22.3 Å². The van der Waals surface area contributed by atoms with Crippen LogP contribution in [0.3, 0.4) is 0 Å². The predicted molar refractivity (Wildman–Crippen MR) is 120 cm³/mol. The number of fused-ring (bicyclic) bond motifs is 3. The summed E-state index contributed by atoms with van der Waals surface area (Å²) in [5.41, 5.74) is 3.39. The standard InChI is InChI=1S/C25H26F2N2O5/c1-25(2)13-29(21(25)23(31)32)20(30)11-19(22(26)27)28-24(33)34-12-18-16-9-5-3-7-14(16)15-8-4-6-10-17(15)18/h3-10,18-19,21-22H,11-13H2,1-2H3,(H,28,33)(H,31,32). The molecule has 0 aromatic heterocycles. The van der Waals surface area contributed by atoms with Gasteiger partial charge < -0.3 is 20.1 Å². The van der Waals surface area contributed by atoms with Gasteiger partial charge in [-0.2, -0.15) is 0 Å². The molecule has 0 saturated carbocycles. The number of likely N-dealkylation sites (tertiary alicyclic amines) is 1. The van der Waals surface area contributed by atoms with Gasteiger partial charge in [0.25, 0.3) is 6.43 Å². The Balaban J connectivity index is 1.38. The molecule has 4 rings (SSSR count). The number of hydrogen-bond acceptors (Lipinski definition) is 4. The fraction of sp³-hybridized carbons (Fsp3) is 0.400. The third kappa shape index (κ3) is 4.34. The number of nitrogens with one attached hydrogen (secondary N) is 1. The summed E-state index contributed by atoms with van der Waals surface area (Å²) in [6.07, 6.45) is -4.80. The monoisotopic (exact) mass is 472 g/mol. The first kappa shape index (κ1) is 23.7. The number of carbonyl (C=O) groups excluding carboxylic acids is 2. The molecular weight excluding hydrogens is 446 g/mol. The number of nitrogens with zero attached hydrogens (tertiary/aromatic N) is 1. The van der Waals surface area contributed by atoms with Crippen molar-refractivity contribution in [1.29, 1.82) is 0 Å². The summed E-state index contributed by atoms with van der Waals surface area (Å²) in [6.45, 7) is 3.47. The van der Waals surface area contributed by atoms with E-state index in [9.17, 15) is 28.3 Å². The Morgan fingerprint density at radius 2 is 1.65 bits per heavy atom. The van der Waals surface area contributed by atoms with E-state index < -0.39 is 48.3 Å². The van der Waals surface area contributed by atoms with E-state index in [4.69, 9.17) is 4.74 Å². The van der Waals surface area contributed by atoms with Crippen molar-refractivity contribution in [1.82, 2.24) is 10.2 Å². The second-order valence-electron chi connectivity index (χ2n) is 9.37. The molecule has 2 aromatic carbocycles. The average molecular weight is 472 g/mol. The van der Waals surface area contributed by atoms with Gasteiger partial charge in [0.2, 0.25) is 5.91 Å². The molecule has 1 aliphatic heterocycles. The lowest BCUT2D eigenvalue weighted by atomic mass is 9.74. The molecule has 0 bridgehead atoms. The van der Waals surface area contributed by atoms with E-state index in [1.54, 1.807) is 13.8 Å². The van der Waals surface area contributed by atoms with Gasteiger partial charge in [-0.1, -0.05) is 62.4 Å². The maximum Gasteiger partial charge on any atom is 0.407 e. The lowest BCUT2D eigenvalue weighted by Gasteiger charge is -2.51. The van der Waals surface area contributed by atoms with E-state index in [0.29, 0.717) is 0 Å². The molecule has 34 heavy (non-hydrogen) atoms. The number of rotatable bonds is 7. The molecule has 2 amide bonds. The Morgan fingerprint density at radius 3 is 2.15 bits per heavy atom. The molecule has 2 atom stereocenters. The van der Waals surface area contributed by atoms with Gasteiger partial charge >= 0.3 is 12.1 Å². The van der Waals surface area contributed by atoms with Crippen molar-refractivity contribution < 1.29 is 33.0 Å². The highest BCUT2D eigenvalue weighted by molar-refractivity contribution is 5.87. The minimum atomic E-state index is -3.03. The van der Waals surface area contributed by atoms with Crippen LogP contribution >= 0.6 is 0 Å². The lowest BCUT2D eigenvalue weighted by Crippen LogP contribution is -2.67. The second kappa shape index (κ2) is 9.04. The van der Waals surface area contributed by atoms with Crippen molar-refractivity contribution in [2.75, 3.05) is 13.2 Å². The van der Waals surface area contributed by atoms with Crippen LogP contribution in [-0.2, 0) is 14.3 Å². The van der Waals surface area contributed by atoms with Crippen molar-refractivity contribution >= 4 is 18.0 Å². The van der Waals surface area contributed by atoms with Gasteiger partial charge in [0.15, 0.2) is 0 Å². The molecule has 1 heterocycles. The molecule has 0 radical (unpaired) electrons. The summed E-state index contributed by atoms with van der Waals surface area (Å²) >= 11 is 0. The molecular formula is C25H26F2N2O5. The fourth-order valence-corrected chi connectivity index (χ4v) is 4.93. The first-order valence-electron chi connectivity index (χ1n) is 11.0. The number of hydrogen-bond donors (Lipinski definition) is 2. The van der Waals surface area contributed by atoms with Crippen LogP contribution in [0.5, 0.6) is 0 Å². The minimum Gasteiger partial charge on any atom is -0.480 e. The zero-order valence-corrected chi connectivity index (χ0v) is 18.8. The van der Waals surface area contributed by atoms with Crippen LogP contribution in [0.15, 0.2) is 48.5 Å². The van der Waals surface area contributed by atoms with Crippen LogP contribution in [0.2, 0.25) is 0 Å². The van der Waals surface area contributed by atoms with Gasteiger partial charge in [0.05, 0.1) is 6.42 Å². The third-order valence-corrected chi connectivity index (χ3v) is 6.53. The Labute approximate surface area is 195 Å². The van der Waals surface area contributed by atoms with Crippen LogP contribution in [-0.4, -0.2) is 59.6 Å². The minimum absolute atomic E-state index is 0.0504. The number of alkyl carbamates (subject to hydrolysis) is 1. The highest BCUT2D eigenvalue weighted by Crippen LogP contribution is 2.44. The largest absolute Gasteiger partial charge is 0.480 e. The topological polar surface area (TPSA) is 95.9 Å². The Bertz CT molecular complexity index is 1070. The van der Waals surface area contributed by atoms with Gasteiger partial charge in [-0.3, -0.25) is 4.79 Å². The fourth-order valence-electron chi connectivity index (χ4n) is 4.93. The first-order chi connectivity index (χ1) is 16.1. The van der Waals surface area contributed by atoms with Gasteiger partial charge in [-0.25, -0.2) is 18.4 Å². The number of alkyl halides is 2. The van der Waals surface area contributed by atoms with E-state index in [-0.39, 0.29) is 19.1 Å². The van der Waals surface area contributed by atoms with Crippen molar-refractivity contribution in [2.24, 2.45) is 5.41 Å². The predicted octanol–water partition coefficient (Wildman–Crippen LogP) is 3.87. The van der Waals surface area contributed by atoms with Crippen LogP contribution < -0.4 is 5.32 Å². The Hall–Kier alpha value is -3.49. The number of benzene rings is 2. The van der Waals surface area contributed by atoms with Crippen molar-refractivity contribution in [3.8, 4) is 11.1 Å². The third-order valence-electron chi connectivity index (χ3n) is 6.53. The van der Waals surface area contributed by atoms with Gasteiger partial charge in [0.1, 0.15) is 18.7 Å². The van der Waals surface area contributed by atoms with Crippen LogP contribution in [0.1, 0.15) is 37.3 Å². The van der Waals surface area contributed by atoms with Gasteiger partial charge in [-0.15, -0.1) is 0 Å².